The molecule has 0 aliphatic rings. The molecule has 1 N–H and O–H groups in total. The van der Waals surface area contributed by atoms with Gasteiger partial charge in [0.15, 0.2) is 0 Å². The molecule has 0 heterocycles. The summed E-state index contributed by atoms with van der Waals surface area (Å²) >= 11 is 0. The molecule has 0 aliphatic carbocycles. The van der Waals surface area contributed by atoms with Crippen molar-refractivity contribution in [2.45, 2.75) is 20.3 Å². The first-order valence-corrected chi connectivity index (χ1v) is 6.33. The highest BCUT2D eigenvalue weighted by Crippen LogP contribution is 2.19. The molecule has 0 fully saturated rings. The van der Waals surface area contributed by atoms with Crippen molar-refractivity contribution in [2.24, 2.45) is 0 Å². The van der Waals surface area contributed by atoms with E-state index in [1.54, 1.807) is 6.07 Å². The van der Waals surface area contributed by atoms with Crippen LogP contribution in [0.2, 0.25) is 0 Å². The predicted molar refractivity (Wildman–Crippen MR) is 76.6 cm³/mol. The van der Waals surface area contributed by atoms with Crippen LogP contribution in [0.5, 0.6) is 5.75 Å². The van der Waals surface area contributed by atoms with E-state index in [1.165, 1.54) is 0 Å². The maximum atomic E-state index is 11.9. The quantitative estimate of drug-likeness (QED) is 0.894. The molecule has 0 saturated heterocycles. The molecule has 0 saturated carbocycles. The van der Waals surface area contributed by atoms with Gasteiger partial charge >= 0.3 is 6.09 Å². The molecule has 0 radical (unpaired) electrons. The van der Waals surface area contributed by atoms with E-state index < -0.39 is 6.09 Å². The summed E-state index contributed by atoms with van der Waals surface area (Å²) in [4.78, 5) is 11.9. The van der Waals surface area contributed by atoms with Gasteiger partial charge in [0.1, 0.15) is 5.75 Å². The largest absolute Gasteiger partial charge is 0.417 e. The maximum Gasteiger partial charge on any atom is 0.417 e. The number of nitrogens with one attached hydrogen (secondary N) is 1. The van der Waals surface area contributed by atoms with Crippen LogP contribution in [0.3, 0.4) is 0 Å². The van der Waals surface area contributed by atoms with Crippen LogP contribution in [0.25, 0.3) is 0 Å². The first kappa shape index (κ1) is 13.1. The Balaban J connectivity index is 2.08. The van der Waals surface area contributed by atoms with Crippen molar-refractivity contribution in [3.63, 3.8) is 0 Å². The van der Waals surface area contributed by atoms with Gasteiger partial charge < -0.3 is 4.74 Å². The lowest BCUT2D eigenvalue weighted by Gasteiger charge is -2.11. The van der Waals surface area contributed by atoms with Crippen molar-refractivity contribution in [3.8, 4) is 5.75 Å². The first-order chi connectivity index (χ1) is 9.20. The standard InChI is InChI=1S/C16H17NO2/c1-3-13-9-5-7-11-15(13)19-16(18)17-14-10-6-4-8-12(14)2/h4-11H,3H2,1-2H3,(H,17,18). The van der Waals surface area contributed by atoms with Crippen LogP contribution in [0.1, 0.15) is 18.1 Å². The van der Waals surface area contributed by atoms with E-state index in [0.717, 1.165) is 23.2 Å². The number of hydrogen-bond donors (Lipinski definition) is 1. The number of rotatable bonds is 3. The lowest BCUT2D eigenvalue weighted by atomic mass is 10.1. The van der Waals surface area contributed by atoms with Crippen molar-refractivity contribution in [3.05, 3.63) is 59.7 Å². The molecule has 0 bridgehead atoms. The van der Waals surface area contributed by atoms with Gasteiger partial charge in [-0.1, -0.05) is 43.3 Å². The molecule has 0 aliphatic heterocycles. The van der Waals surface area contributed by atoms with Crippen LogP contribution in [0.15, 0.2) is 48.5 Å². The molecular formula is C16H17NO2. The number of aryl methyl sites for hydroxylation is 2. The fraction of sp³-hybridized carbons (Fsp3) is 0.188. The van der Waals surface area contributed by atoms with Crippen molar-refractivity contribution in [1.82, 2.24) is 0 Å². The molecule has 2 aromatic rings. The molecule has 0 atom stereocenters. The second-order valence-corrected chi connectivity index (χ2v) is 4.29. The second-order valence-electron chi connectivity index (χ2n) is 4.29. The number of carbonyl (C=O) groups excluding carboxylic acids is 1. The minimum atomic E-state index is -0.463. The zero-order chi connectivity index (χ0) is 13.7. The van der Waals surface area contributed by atoms with E-state index in [0.29, 0.717) is 5.75 Å². The van der Waals surface area contributed by atoms with Crippen LogP contribution >= 0.6 is 0 Å². The van der Waals surface area contributed by atoms with E-state index in [4.69, 9.17) is 4.74 Å². The molecule has 3 nitrogen and oxygen atoms in total. The Morgan fingerprint density at radius 1 is 1.11 bits per heavy atom. The third-order valence-electron chi connectivity index (χ3n) is 2.94. The monoisotopic (exact) mass is 255 g/mol. The lowest BCUT2D eigenvalue weighted by molar-refractivity contribution is 0.214. The number of anilines is 1. The summed E-state index contributed by atoms with van der Waals surface area (Å²) in [6, 6.07) is 15.1. The highest BCUT2D eigenvalue weighted by atomic mass is 16.6. The molecule has 0 spiro atoms. The highest BCUT2D eigenvalue weighted by Gasteiger charge is 2.08. The molecule has 1 amide bonds. The Morgan fingerprint density at radius 2 is 1.79 bits per heavy atom. The fourth-order valence-corrected chi connectivity index (χ4v) is 1.84. The summed E-state index contributed by atoms with van der Waals surface area (Å²) in [5.41, 5.74) is 2.78. The van der Waals surface area contributed by atoms with Crippen LogP contribution in [0.4, 0.5) is 10.5 Å². The van der Waals surface area contributed by atoms with Crippen LogP contribution < -0.4 is 10.1 Å². The SMILES string of the molecule is CCc1ccccc1OC(=O)Nc1ccccc1C. The molecule has 19 heavy (non-hydrogen) atoms. The van der Waals surface area contributed by atoms with Crippen molar-refractivity contribution in [2.75, 3.05) is 5.32 Å². The summed E-state index contributed by atoms with van der Waals surface area (Å²) in [6.45, 7) is 3.97. The van der Waals surface area contributed by atoms with Gasteiger partial charge in [-0.3, -0.25) is 5.32 Å². The minimum Gasteiger partial charge on any atom is -0.410 e. The Kier molecular flexibility index (Phi) is 4.18. The maximum absolute atomic E-state index is 11.9. The predicted octanol–water partition coefficient (Wildman–Crippen LogP) is 4.17. The fourth-order valence-electron chi connectivity index (χ4n) is 1.84. The van der Waals surface area contributed by atoms with E-state index >= 15 is 0 Å². The Morgan fingerprint density at radius 3 is 2.53 bits per heavy atom. The summed E-state index contributed by atoms with van der Waals surface area (Å²) in [5.74, 6) is 0.607. The van der Waals surface area contributed by atoms with Crippen LogP contribution in [0, 0.1) is 6.92 Å². The first-order valence-electron chi connectivity index (χ1n) is 6.33. The molecule has 0 unspecified atom stereocenters. The van der Waals surface area contributed by atoms with Gasteiger partial charge in [0.25, 0.3) is 0 Å². The normalized spacial score (nSPS) is 10.0. The lowest BCUT2D eigenvalue weighted by Crippen LogP contribution is -2.18. The van der Waals surface area contributed by atoms with Gasteiger partial charge in [-0.05, 0) is 36.6 Å². The molecule has 0 aromatic heterocycles. The molecule has 2 aromatic carbocycles. The van der Waals surface area contributed by atoms with E-state index in [1.807, 2.05) is 56.3 Å². The molecule has 2 rings (SSSR count). The topological polar surface area (TPSA) is 38.3 Å². The summed E-state index contributed by atoms with van der Waals surface area (Å²) in [5, 5.41) is 2.75. The Labute approximate surface area is 113 Å². The minimum absolute atomic E-state index is 0.463. The summed E-state index contributed by atoms with van der Waals surface area (Å²) < 4.78 is 5.35. The van der Waals surface area contributed by atoms with Gasteiger partial charge in [-0.25, -0.2) is 4.79 Å². The van der Waals surface area contributed by atoms with E-state index in [2.05, 4.69) is 5.32 Å². The number of hydrogen-bond acceptors (Lipinski definition) is 2. The zero-order valence-electron chi connectivity index (χ0n) is 11.1. The zero-order valence-corrected chi connectivity index (χ0v) is 11.1. The molecule has 3 heteroatoms. The molecular weight excluding hydrogens is 238 g/mol. The third-order valence-corrected chi connectivity index (χ3v) is 2.94. The number of benzene rings is 2. The number of para-hydroxylation sites is 2. The average Bonchev–Trinajstić information content (AvgIpc) is 2.42. The Bertz CT molecular complexity index is 578. The average molecular weight is 255 g/mol. The van der Waals surface area contributed by atoms with Crippen LogP contribution in [-0.2, 0) is 6.42 Å². The van der Waals surface area contributed by atoms with Gasteiger partial charge in [-0.2, -0.15) is 0 Å². The summed E-state index contributed by atoms with van der Waals surface area (Å²) in [6.07, 6.45) is 0.364. The van der Waals surface area contributed by atoms with E-state index in [-0.39, 0.29) is 0 Å². The summed E-state index contributed by atoms with van der Waals surface area (Å²) in [7, 11) is 0. The van der Waals surface area contributed by atoms with Gasteiger partial charge in [0.2, 0.25) is 0 Å². The van der Waals surface area contributed by atoms with Gasteiger partial charge in [0, 0.05) is 5.69 Å². The van der Waals surface area contributed by atoms with Crippen molar-refractivity contribution >= 4 is 11.8 Å². The smallest absolute Gasteiger partial charge is 0.410 e. The van der Waals surface area contributed by atoms with Crippen molar-refractivity contribution < 1.29 is 9.53 Å². The van der Waals surface area contributed by atoms with Crippen molar-refractivity contribution in [1.29, 1.82) is 0 Å². The van der Waals surface area contributed by atoms with Gasteiger partial charge in [0.05, 0.1) is 0 Å². The van der Waals surface area contributed by atoms with Gasteiger partial charge in [-0.15, -0.1) is 0 Å². The number of carbonyl (C=O) groups is 1. The number of ether oxygens (including phenoxy) is 1. The molecule has 98 valence electrons. The third kappa shape index (κ3) is 3.35. The number of amides is 1. The van der Waals surface area contributed by atoms with Crippen LogP contribution in [-0.4, -0.2) is 6.09 Å². The highest BCUT2D eigenvalue weighted by molar-refractivity contribution is 5.87. The second kappa shape index (κ2) is 6.05. The Hall–Kier alpha value is -2.29. The van der Waals surface area contributed by atoms with E-state index in [9.17, 15) is 4.79 Å².